The number of halogens is 3. The second-order valence-corrected chi connectivity index (χ2v) is 4.56. The Labute approximate surface area is 120 Å². The number of alkyl halides is 3. The average molecular weight is 294 g/mol. The number of esters is 1. The third-order valence-electron chi connectivity index (χ3n) is 3.19. The molecule has 2 rings (SSSR count). The van der Waals surface area contributed by atoms with E-state index in [1.165, 1.54) is 19.2 Å². The van der Waals surface area contributed by atoms with E-state index in [2.05, 4.69) is 0 Å². The van der Waals surface area contributed by atoms with Crippen LogP contribution in [0.15, 0.2) is 42.5 Å². The molecule has 0 bridgehead atoms. The lowest BCUT2D eigenvalue weighted by molar-refractivity contribution is -0.137. The highest BCUT2D eigenvalue weighted by atomic mass is 19.4. The van der Waals surface area contributed by atoms with Crippen molar-refractivity contribution in [3.8, 4) is 11.1 Å². The zero-order chi connectivity index (χ0) is 15.6. The lowest BCUT2D eigenvalue weighted by Crippen LogP contribution is -2.07. The predicted octanol–water partition coefficient (Wildman–Crippen LogP) is 4.47. The van der Waals surface area contributed by atoms with Crippen molar-refractivity contribution in [1.29, 1.82) is 0 Å². The number of ether oxygens (including phenoxy) is 1. The van der Waals surface area contributed by atoms with Crippen molar-refractivity contribution in [2.45, 2.75) is 13.1 Å². The smallest absolute Gasteiger partial charge is 0.416 e. The molecule has 0 N–H and O–H groups in total. The van der Waals surface area contributed by atoms with Gasteiger partial charge in [-0.05, 0) is 35.7 Å². The molecule has 0 aliphatic carbocycles. The molecule has 0 aliphatic heterocycles. The van der Waals surface area contributed by atoms with Gasteiger partial charge in [-0.25, -0.2) is 4.79 Å². The summed E-state index contributed by atoms with van der Waals surface area (Å²) < 4.78 is 42.5. The number of aryl methyl sites for hydroxylation is 1. The Kier molecular flexibility index (Phi) is 4.02. The van der Waals surface area contributed by atoms with E-state index in [0.717, 1.165) is 12.1 Å². The van der Waals surface area contributed by atoms with Gasteiger partial charge in [-0.3, -0.25) is 0 Å². The lowest BCUT2D eigenvalue weighted by atomic mass is 9.95. The SMILES string of the molecule is COC(=O)c1c(C)cccc1-c1ccc(C(F)(F)F)cc1. The molecule has 0 aromatic heterocycles. The molecule has 2 nitrogen and oxygen atoms in total. The molecule has 21 heavy (non-hydrogen) atoms. The second kappa shape index (κ2) is 5.60. The molecular formula is C16H13F3O2. The fourth-order valence-electron chi connectivity index (χ4n) is 2.12. The maximum atomic E-state index is 12.6. The number of methoxy groups -OCH3 is 1. The van der Waals surface area contributed by atoms with E-state index in [-0.39, 0.29) is 0 Å². The summed E-state index contributed by atoms with van der Waals surface area (Å²) in [6, 6.07) is 9.88. The quantitative estimate of drug-likeness (QED) is 0.764. The number of carbonyl (C=O) groups is 1. The van der Waals surface area contributed by atoms with Crippen LogP contribution in [0.1, 0.15) is 21.5 Å². The van der Waals surface area contributed by atoms with Crippen LogP contribution in [0.4, 0.5) is 13.2 Å². The molecular weight excluding hydrogens is 281 g/mol. The predicted molar refractivity (Wildman–Crippen MR) is 73.0 cm³/mol. The first-order valence-corrected chi connectivity index (χ1v) is 6.20. The van der Waals surface area contributed by atoms with E-state index >= 15 is 0 Å². The van der Waals surface area contributed by atoms with Crippen molar-refractivity contribution in [2.24, 2.45) is 0 Å². The molecule has 0 fully saturated rings. The number of carbonyl (C=O) groups excluding carboxylic acids is 1. The Hall–Kier alpha value is -2.30. The van der Waals surface area contributed by atoms with Crippen LogP contribution < -0.4 is 0 Å². The molecule has 0 heterocycles. The number of benzene rings is 2. The molecule has 0 saturated heterocycles. The van der Waals surface area contributed by atoms with Gasteiger partial charge in [-0.1, -0.05) is 30.3 Å². The van der Waals surface area contributed by atoms with Crippen molar-refractivity contribution < 1.29 is 22.7 Å². The molecule has 2 aromatic carbocycles. The van der Waals surface area contributed by atoms with Gasteiger partial charge < -0.3 is 4.74 Å². The van der Waals surface area contributed by atoms with Crippen LogP contribution in [-0.2, 0) is 10.9 Å². The molecule has 110 valence electrons. The summed E-state index contributed by atoms with van der Waals surface area (Å²) in [6.45, 7) is 1.75. The van der Waals surface area contributed by atoms with Crippen LogP contribution in [0.5, 0.6) is 0 Å². The third-order valence-corrected chi connectivity index (χ3v) is 3.19. The number of hydrogen-bond donors (Lipinski definition) is 0. The second-order valence-electron chi connectivity index (χ2n) is 4.56. The Morgan fingerprint density at radius 1 is 1.05 bits per heavy atom. The molecule has 0 atom stereocenters. The first-order chi connectivity index (χ1) is 9.84. The standard InChI is InChI=1S/C16H13F3O2/c1-10-4-3-5-13(14(10)15(20)21-2)11-6-8-12(9-7-11)16(17,18)19/h3-9H,1-2H3. The summed E-state index contributed by atoms with van der Waals surface area (Å²) in [4.78, 5) is 11.9. The average Bonchev–Trinajstić information content (AvgIpc) is 2.45. The molecule has 0 amide bonds. The summed E-state index contributed by atoms with van der Waals surface area (Å²) >= 11 is 0. The summed E-state index contributed by atoms with van der Waals surface area (Å²) in [6.07, 6.45) is -4.38. The van der Waals surface area contributed by atoms with E-state index in [1.807, 2.05) is 0 Å². The van der Waals surface area contributed by atoms with E-state index < -0.39 is 17.7 Å². The minimum absolute atomic E-state index is 0.361. The van der Waals surface area contributed by atoms with Gasteiger partial charge in [0.05, 0.1) is 18.2 Å². The van der Waals surface area contributed by atoms with Gasteiger partial charge in [0.25, 0.3) is 0 Å². The first-order valence-electron chi connectivity index (χ1n) is 6.20. The Morgan fingerprint density at radius 2 is 1.67 bits per heavy atom. The van der Waals surface area contributed by atoms with Crippen LogP contribution in [0.2, 0.25) is 0 Å². The van der Waals surface area contributed by atoms with Crippen molar-refractivity contribution in [3.05, 3.63) is 59.2 Å². The van der Waals surface area contributed by atoms with Gasteiger partial charge in [-0.2, -0.15) is 13.2 Å². The Morgan fingerprint density at radius 3 is 2.19 bits per heavy atom. The van der Waals surface area contributed by atoms with Crippen LogP contribution in [0, 0.1) is 6.92 Å². The zero-order valence-corrected chi connectivity index (χ0v) is 11.5. The van der Waals surface area contributed by atoms with Crippen LogP contribution in [0.25, 0.3) is 11.1 Å². The largest absolute Gasteiger partial charge is 0.465 e. The van der Waals surface area contributed by atoms with Gasteiger partial charge in [0.1, 0.15) is 0 Å². The van der Waals surface area contributed by atoms with E-state index in [1.54, 1.807) is 25.1 Å². The molecule has 0 unspecified atom stereocenters. The van der Waals surface area contributed by atoms with Gasteiger partial charge >= 0.3 is 12.1 Å². The highest BCUT2D eigenvalue weighted by Gasteiger charge is 2.30. The topological polar surface area (TPSA) is 26.3 Å². The summed E-state index contributed by atoms with van der Waals surface area (Å²) in [7, 11) is 1.27. The molecule has 0 spiro atoms. The fourth-order valence-corrected chi connectivity index (χ4v) is 2.12. The Bertz CT molecular complexity index is 658. The first kappa shape index (κ1) is 15.1. The number of hydrogen-bond acceptors (Lipinski definition) is 2. The van der Waals surface area contributed by atoms with Crippen molar-refractivity contribution in [1.82, 2.24) is 0 Å². The molecule has 0 radical (unpaired) electrons. The highest BCUT2D eigenvalue weighted by molar-refractivity contribution is 5.98. The lowest BCUT2D eigenvalue weighted by Gasteiger charge is -2.12. The van der Waals surface area contributed by atoms with Gasteiger partial charge in [0, 0.05) is 0 Å². The Balaban J connectivity index is 2.52. The zero-order valence-electron chi connectivity index (χ0n) is 11.5. The van der Waals surface area contributed by atoms with Crippen molar-refractivity contribution in [2.75, 3.05) is 7.11 Å². The summed E-state index contributed by atoms with van der Waals surface area (Å²) in [5, 5.41) is 0. The molecule has 0 saturated carbocycles. The van der Waals surface area contributed by atoms with E-state index in [4.69, 9.17) is 4.74 Å². The van der Waals surface area contributed by atoms with Crippen LogP contribution in [-0.4, -0.2) is 13.1 Å². The third kappa shape index (κ3) is 3.07. The van der Waals surface area contributed by atoms with Crippen molar-refractivity contribution >= 4 is 5.97 Å². The van der Waals surface area contributed by atoms with Gasteiger partial charge in [0.2, 0.25) is 0 Å². The maximum Gasteiger partial charge on any atom is 0.416 e. The van der Waals surface area contributed by atoms with Gasteiger partial charge in [-0.15, -0.1) is 0 Å². The van der Waals surface area contributed by atoms with Crippen LogP contribution >= 0.6 is 0 Å². The van der Waals surface area contributed by atoms with E-state index in [9.17, 15) is 18.0 Å². The normalized spacial score (nSPS) is 11.3. The summed E-state index contributed by atoms with van der Waals surface area (Å²) in [5.41, 5.74) is 1.43. The maximum absolute atomic E-state index is 12.6. The minimum Gasteiger partial charge on any atom is -0.465 e. The molecule has 5 heteroatoms. The van der Waals surface area contributed by atoms with Crippen molar-refractivity contribution in [3.63, 3.8) is 0 Å². The molecule has 2 aromatic rings. The fraction of sp³-hybridized carbons (Fsp3) is 0.188. The number of rotatable bonds is 2. The van der Waals surface area contributed by atoms with Gasteiger partial charge in [0.15, 0.2) is 0 Å². The highest BCUT2D eigenvalue weighted by Crippen LogP contribution is 2.32. The minimum atomic E-state index is -4.38. The molecule has 0 aliphatic rings. The monoisotopic (exact) mass is 294 g/mol. The van der Waals surface area contributed by atoms with Crippen LogP contribution in [0.3, 0.4) is 0 Å². The van der Waals surface area contributed by atoms with E-state index in [0.29, 0.717) is 22.3 Å². The summed E-state index contributed by atoms with van der Waals surface area (Å²) in [5.74, 6) is -0.511.